The molecule has 0 radical (unpaired) electrons. The molecule has 2 heterocycles. The van der Waals surface area contributed by atoms with Crippen molar-refractivity contribution in [1.29, 1.82) is 0 Å². The van der Waals surface area contributed by atoms with Crippen LogP contribution < -0.4 is 9.47 Å². The molecule has 192 valence electrons. The average Bonchev–Trinajstić information content (AvgIpc) is 3.39. The van der Waals surface area contributed by atoms with E-state index in [-0.39, 0.29) is 22.3 Å². The van der Waals surface area contributed by atoms with Gasteiger partial charge in [0.1, 0.15) is 23.0 Å². The summed E-state index contributed by atoms with van der Waals surface area (Å²) in [5.41, 5.74) is 3.24. The van der Waals surface area contributed by atoms with Crippen molar-refractivity contribution in [3.63, 3.8) is 0 Å². The maximum atomic E-state index is 11.7. The Bertz CT molecular complexity index is 1510. The molecular weight excluding hydrogens is 500 g/mol. The SMILES string of the molecule is O=C1OC(=O)c2cc(Oc3ccc(CCCc4ccc(Oc5ccc6c(c5)C(=O)OC6=O)cc4)cc3)ccc21. The summed E-state index contributed by atoms with van der Waals surface area (Å²) >= 11 is 0. The predicted octanol–water partition coefficient (Wildman–Crippen LogP) is 6.07. The van der Waals surface area contributed by atoms with Gasteiger partial charge in [-0.25, -0.2) is 19.2 Å². The molecule has 2 aliphatic rings. The molecule has 8 nitrogen and oxygen atoms in total. The highest BCUT2D eigenvalue weighted by molar-refractivity contribution is 6.15. The highest BCUT2D eigenvalue weighted by atomic mass is 16.6. The van der Waals surface area contributed by atoms with Crippen molar-refractivity contribution >= 4 is 23.9 Å². The summed E-state index contributed by atoms with van der Waals surface area (Å²) in [6.07, 6.45) is 2.72. The molecule has 0 aromatic heterocycles. The van der Waals surface area contributed by atoms with E-state index < -0.39 is 23.9 Å². The molecule has 4 aromatic carbocycles. The van der Waals surface area contributed by atoms with Crippen molar-refractivity contribution in [2.75, 3.05) is 0 Å². The van der Waals surface area contributed by atoms with E-state index in [2.05, 4.69) is 9.47 Å². The van der Waals surface area contributed by atoms with Crippen LogP contribution in [0.3, 0.4) is 0 Å². The molecule has 4 aromatic rings. The first-order valence-electron chi connectivity index (χ1n) is 12.3. The highest BCUT2D eigenvalue weighted by Gasteiger charge is 2.30. The van der Waals surface area contributed by atoms with Crippen molar-refractivity contribution in [2.24, 2.45) is 0 Å². The van der Waals surface area contributed by atoms with Gasteiger partial charge in [-0.2, -0.15) is 0 Å². The van der Waals surface area contributed by atoms with Gasteiger partial charge >= 0.3 is 23.9 Å². The molecule has 0 fully saturated rings. The fourth-order valence-electron chi connectivity index (χ4n) is 4.47. The molecule has 0 spiro atoms. The van der Waals surface area contributed by atoms with E-state index in [9.17, 15) is 19.2 Å². The lowest BCUT2D eigenvalue weighted by Crippen LogP contribution is -1.96. The lowest BCUT2D eigenvalue weighted by molar-refractivity contribution is 0.0425. The number of carbonyl (C=O) groups is 4. The van der Waals surface area contributed by atoms with Crippen LogP contribution in [0, 0.1) is 0 Å². The van der Waals surface area contributed by atoms with Gasteiger partial charge in [-0.05, 0) is 91.1 Å². The summed E-state index contributed by atoms with van der Waals surface area (Å²) < 4.78 is 20.9. The molecule has 6 rings (SSSR count). The maximum Gasteiger partial charge on any atom is 0.347 e. The van der Waals surface area contributed by atoms with Crippen LogP contribution in [0.2, 0.25) is 0 Å². The number of rotatable bonds is 8. The molecule has 0 aliphatic carbocycles. The van der Waals surface area contributed by atoms with Crippen LogP contribution in [0.25, 0.3) is 0 Å². The monoisotopic (exact) mass is 520 g/mol. The second kappa shape index (κ2) is 9.90. The molecule has 8 heteroatoms. The Hall–Kier alpha value is -5.24. The summed E-state index contributed by atoms with van der Waals surface area (Å²) in [6.45, 7) is 0. The van der Waals surface area contributed by atoms with Gasteiger partial charge in [0, 0.05) is 0 Å². The van der Waals surface area contributed by atoms with E-state index in [4.69, 9.17) is 9.47 Å². The number of benzene rings is 4. The Morgan fingerprint density at radius 3 is 1.21 bits per heavy atom. The van der Waals surface area contributed by atoms with Gasteiger partial charge in [0.15, 0.2) is 0 Å². The van der Waals surface area contributed by atoms with Gasteiger partial charge in [-0.1, -0.05) is 24.3 Å². The Kier molecular flexibility index (Phi) is 6.13. The Morgan fingerprint density at radius 1 is 0.436 bits per heavy atom. The van der Waals surface area contributed by atoms with E-state index in [0.717, 1.165) is 19.3 Å². The molecule has 0 amide bonds. The summed E-state index contributed by atoms with van der Waals surface area (Å²) in [5.74, 6) is -0.451. The summed E-state index contributed by atoms with van der Waals surface area (Å²) in [6, 6.07) is 24.8. The number of esters is 4. The third-order valence-electron chi connectivity index (χ3n) is 6.48. The van der Waals surface area contributed by atoms with Gasteiger partial charge in [0.05, 0.1) is 22.3 Å². The Labute approximate surface area is 222 Å². The highest BCUT2D eigenvalue weighted by Crippen LogP contribution is 2.30. The zero-order valence-corrected chi connectivity index (χ0v) is 20.5. The van der Waals surface area contributed by atoms with Crippen molar-refractivity contribution in [3.05, 3.63) is 118 Å². The van der Waals surface area contributed by atoms with Crippen LogP contribution in [0.4, 0.5) is 0 Å². The van der Waals surface area contributed by atoms with Gasteiger partial charge in [-0.15, -0.1) is 0 Å². The average molecular weight is 520 g/mol. The van der Waals surface area contributed by atoms with E-state index >= 15 is 0 Å². The van der Waals surface area contributed by atoms with Crippen LogP contribution >= 0.6 is 0 Å². The minimum Gasteiger partial charge on any atom is -0.457 e. The first-order chi connectivity index (χ1) is 18.9. The van der Waals surface area contributed by atoms with Gasteiger partial charge in [0.2, 0.25) is 0 Å². The summed E-state index contributed by atoms with van der Waals surface area (Å²) in [5, 5.41) is 0. The van der Waals surface area contributed by atoms with E-state index in [1.807, 2.05) is 48.5 Å². The number of carbonyl (C=O) groups excluding carboxylic acids is 4. The molecule has 39 heavy (non-hydrogen) atoms. The molecule has 0 saturated carbocycles. The van der Waals surface area contributed by atoms with E-state index in [0.29, 0.717) is 23.0 Å². The molecule has 0 unspecified atom stereocenters. The second-order valence-corrected chi connectivity index (χ2v) is 9.11. The minimum absolute atomic E-state index is 0.209. The zero-order chi connectivity index (χ0) is 26.9. The lowest BCUT2D eigenvalue weighted by Gasteiger charge is -2.09. The maximum absolute atomic E-state index is 11.7. The Balaban J connectivity index is 0.999. The molecule has 2 aliphatic heterocycles. The summed E-state index contributed by atoms with van der Waals surface area (Å²) in [4.78, 5) is 46.6. The normalized spacial score (nSPS) is 13.5. The van der Waals surface area contributed by atoms with Crippen LogP contribution in [-0.4, -0.2) is 23.9 Å². The number of hydrogen-bond acceptors (Lipinski definition) is 8. The molecule has 0 saturated heterocycles. The number of hydrogen-bond donors (Lipinski definition) is 0. The third-order valence-corrected chi connectivity index (χ3v) is 6.48. The second-order valence-electron chi connectivity index (χ2n) is 9.11. The van der Waals surface area contributed by atoms with Gasteiger partial charge < -0.3 is 18.9 Å². The zero-order valence-electron chi connectivity index (χ0n) is 20.5. The fraction of sp³-hybridized carbons (Fsp3) is 0.0968. The van der Waals surface area contributed by atoms with Crippen LogP contribution in [-0.2, 0) is 22.3 Å². The topological polar surface area (TPSA) is 105 Å². The van der Waals surface area contributed by atoms with Crippen molar-refractivity contribution in [1.82, 2.24) is 0 Å². The first kappa shape index (κ1) is 24.1. The van der Waals surface area contributed by atoms with Gasteiger partial charge in [-0.3, -0.25) is 0 Å². The summed E-state index contributed by atoms with van der Waals surface area (Å²) in [7, 11) is 0. The standard InChI is InChI=1S/C31H20O8/c32-28-24-14-12-22(16-26(24)30(34)38-28)36-20-8-4-18(5-9-20)2-1-3-19-6-10-21(11-7-19)37-23-13-15-25-27(17-23)31(35)39-29(25)33/h4-17H,1-3H2. The number of ether oxygens (including phenoxy) is 4. The van der Waals surface area contributed by atoms with Crippen LogP contribution in [0.5, 0.6) is 23.0 Å². The fourth-order valence-corrected chi connectivity index (χ4v) is 4.47. The third kappa shape index (κ3) is 5.00. The quantitative estimate of drug-likeness (QED) is 0.204. The molecule has 0 bridgehead atoms. The lowest BCUT2D eigenvalue weighted by atomic mass is 10.0. The van der Waals surface area contributed by atoms with E-state index in [1.165, 1.54) is 35.4 Å². The number of cyclic esters (lactones) is 4. The van der Waals surface area contributed by atoms with Crippen molar-refractivity contribution in [3.8, 4) is 23.0 Å². The van der Waals surface area contributed by atoms with Crippen molar-refractivity contribution in [2.45, 2.75) is 19.3 Å². The minimum atomic E-state index is -0.663. The molecular formula is C31H20O8. The molecule has 0 N–H and O–H groups in total. The van der Waals surface area contributed by atoms with Crippen LogP contribution in [0.15, 0.2) is 84.9 Å². The Morgan fingerprint density at radius 2 is 0.795 bits per heavy atom. The number of fused-ring (bicyclic) bond motifs is 2. The predicted molar refractivity (Wildman–Crippen MR) is 137 cm³/mol. The van der Waals surface area contributed by atoms with Crippen molar-refractivity contribution < 1.29 is 38.1 Å². The number of aryl methyl sites for hydroxylation is 2. The smallest absolute Gasteiger partial charge is 0.347 e. The molecule has 0 atom stereocenters. The first-order valence-corrected chi connectivity index (χ1v) is 12.3. The van der Waals surface area contributed by atoms with Gasteiger partial charge in [0.25, 0.3) is 0 Å². The van der Waals surface area contributed by atoms with E-state index in [1.54, 1.807) is 12.1 Å². The van der Waals surface area contributed by atoms with Crippen LogP contribution in [0.1, 0.15) is 59.0 Å². The largest absolute Gasteiger partial charge is 0.457 e.